The maximum atomic E-state index is 13.3. The van der Waals surface area contributed by atoms with Crippen molar-refractivity contribution < 1.29 is 17.6 Å². The van der Waals surface area contributed by atoms with Crippen LogP contribution in [0.25, 0.3) is 10.9 Å². The zero-order valence-corrected chi connectivity index (χ0v) is 10.7. The standard InChI is InChI=1S/C14H14F4N2/c15-9-1-2-12-10(7-9)11-8-20(5-3-13(11)19-12)6-4-14(16,17)18/h1-2,7,19H,3-6,8H2. The van der Waals surface area contributed by atoms with Gasteiger partial charge in [-0.3, -0.25) is 4.90 Å². The molecule has 0 radical (unpaired) electrons. The Balaban J connectivity index is 1.83. The van der Waals surface area contributed by atoms with Crippen LogP contribution < -0.4 is 0 Å². The van der Waals surface area contributed by atoms with Crippen molar-refractivity contribution in [1.82, 2.24) is 9.88 Å². The van der Waals surface area contributed by atoms with Crippen LogP contribution in [0.5, 0.6) is 0 Å². The van der Waals surface area contributed by atoms with Gasteiger partial charge in [-0.05, 0) is 23.8 Å². The van der Waals surface area contributed by atoms with Crippen molar-refractivity contribution >= 4 is 10.9 Å². The average Bonchev–Trinajstić information content (AvgIpc) is 2.73. The molecule has 0 bridgehead atoms. The molecule has 20 heavy (non-hydrogen) atoms. The Morgan fingerprint density at radius 3 is 2.80 bits per heavy atom. The summed E-state index contributed by atoms with van der Waals surface area (Å²) in [6.45, 7) is 1.03. The van der Waals surface area contributed by atoms with Crippen LogP contribution in [0.1, 0.15) is 17.7 Å². The molecule has 0 unspecified atom stereocenters. The SMILES string of the molecule is Fc1ccc2[nH]c3c(c2c1)CN(CCC(F)(F)F)CC3. The largest absolute Gasteiger partial charge is 0.390 e. The molecule has 1 aromatic heterocycles. The Bertz CT molecular complexity index is 630. The van der Waals surface area contributed by atoms with Gasteiger partial charge in [0.25, 0.3) is 0 Å². The zero-order chi connectivity index (χ0) is 14.3. The second-order valence-electron chi connectivity index (χ2n) is 5.16. The summed E-state index contributed by atoms with van der Waals surface area (Å²) in [5.41, 5.74) is 2.77. The normalized spacial score (nSPS) is 16.6. The van der Waals surface area contributed by atoms with Crippen LogP contribution in [-0.2, 0) is 13.0 Å². The predicted octanol–water partition coefficient (Wildman–Crippen LogP) is 3.62. The number of H-pyrrole nitrogens is 1. The quantitative estimate of drug-likeness (QED) is 0.835. The minimum absolute atomic E-state index is 0.00900. The molecule has 3 rings (SSSR count). The maximum Gasteiger partial charge on any atom is 0.390 e. The third kappa shape index (κ3) is 2.65. The van der Waals surface area contributed by atoms with Gasteiger partial charge in [-0.2, -0.15) is 13.2 Å². The van der Waals surface area contributed by atoms with Crippen molar-refractivity contribution in [3.63, 3.8) is 0 Å². The maximum absolute atomic E-state index is 13.3. The summed E-state index contributed by atoms with van der Waals surface area (Å²) < 4.78 is 50.1. The fourth-order valence-electron chi connectivity index (χ4n) is 2.72. The van der Waals surface area contributed by atoms with Gasteiger partial charge >= 0.3 is 6.18 Å². The lowest BCUT2D eigenvalue weighted by Gasteiger charge is -2.27. The van der Waals surface area contributed by atoms with Gasteiger partial charge in [-0.25, -0.2) is 4.39 Å². The van der Waals surface area contributed by atoms with Gasteiger partial charge in [0.2, 0.25) is 0 Å². The number of halogens is 4. The molecule has 0 aliphatic carbocycles. The number of rotatable bonds is 2. The Kier molecular flexibility index (Phi) is 3.20. The number of nitrogens with one attached hydrogen (secondary N) is 1. The highest BCUT2D eigenvalue weighted by atomic mass is 19.4. The molecule has 0 saturated carbocycles. The van der Waals surface area contributed by atoms with E-state index in [0.29, 0.717) is 19.5 Å². The molecule has 0 spiro atoms. The minimum Gasteiger partial charge on any atom is -0.358 e. The van der Waals surface area contributed by atoms with E-state index in [1.807, 2.05) is 0 Å². The van der Waals surface area contributed by atoms with E-state index in [-0.39, 0.29) is 12.4 Å². The summed E-state index contributed by atoms with van der Waals surface area (Å²) in [6.07, 6.45) is -4.27. The second-order valence-corrected chi connectivity index (χ2v) is 5.16. The predicted molar refractivity (Wildman–Crippen MR) is 67.9 cm³/mol. The van der Waals surface area contributed by atoms with Crippen molar-refractivity contribution in [1.29, 1.82) is 0 Å². The summed E-state index contributed by atoms with van der Waals surface area (Å²) in [5, 5.41) is 0.775. The van der Waals surface area contributed by atoms with E-state index in [1.165, 1.54) is 12.1 Å². The summed E-state index contributed by atoms with van der Waals surface area (Å²) >= 11 is 0. The van der Waals surface area contributed by atoms with Gasteiger partial charge in [0, 0.05) is 42.7 Å². The smallest absolute Gasteiger partial charge is 0.358 e. The van der Waals surface area contributed by atoms with Crippen LogP contribution in [0.4, 0.5) is 17.6 Å². The van der Waals surface area contributed by atoms with E-state index in [2.05, 4.69) is 4.98 Å². The number of aromatic amines is 1. The minimum atomic E-state index is -4.13. The van der Waals surface area contributed by atoms with Gasteiger partial charge in [-0.1, -0.05) is 0 Å². The Morgan fingerprint density at radius 1 is 1.25 bits per heavy atom. The first-order chi connectivity index (χ1) is 9.42. The Labute approximate surface area is 113 Å². The first-order valence-electron chi connectivity index (χ1n) is 6.50. The van der Waals surface area contributed by atoms with Crippen molar-refractivity contribution in [2.45, 2.75) is 25.6 Å². The summed E-state index contributed by atoms with van der Waals surface area (Å²) in [4.78, 5) is 4.99. The highest BCUT2D eigenvalue weighted by Gasteiger charge is 2.29. The molecule has 0 fully saturated rings. The first kappa shape index (κ1) is 13.4. The van der Waals surface area contributed by atoms with Gasteiger partial charge in [0.05, 0.1) is 6.42 Å². The van der Waals surface area contributed by atoms with Crippen molar-refractivity contribution in [3.05, 3.63) is 35.3 Å². The van der Waals surface area contributed by atoms with E-state index in [0.717, 1.165) is 22.2 Å². The number of hydrogen-bond acceptors (Lipinski definition) is 1. The highest BCUT2D eigenvalue weighted by molar-refractivity contribution is 5.84. The number of nitrogens with zero attached hydrogens (tertiary/aromatic N) is 1. The number of fused-ring (bicyclic) bond motifs is 3. The third-order valence-corrected chi connectivity index (χ3v) is 3.73. The molecule has 2 nitrogen and oxygen atoms in total. The lowest BCUT2D eigenvalue weighted by Crippen LogP contribution is -2.33. The van der Waals surface area contributed by atoms with Crippen LogP contribution >= 0.6 is 0 Å². The summed E-state index contributed by atoms with van der Waals surface area (Å²) in [7, 11) is 0. The fourth-order valence-corrected chi connectivity index (χ4v) is 2.72. The van der Waals surface area contributed by atoms with Gasteiger partial charge in [-0.15, -0.1) is 0 Å². The first-order valence-corrected chi connectivity index (χ1v) is 6.50. The van der Waals surface area contributed by atoms with E-state index in [4.69, 9.17) is 0 Å². The lowest BCUT2D eigenvalue weighted by atomic mass is 10.0. The monoisotopic (exact) mass is 286 g/mol. The van der Waals surface area contributed by atoms with Crippen LogP contribution in [-0.4, -0.2) is 29.1 Å². The Hall–Kier alpha value is -1.56. The zero-order valence-electron chi connectivity index (χ0n) is 10.7. The van der Waals surface area contributed by atoms with E-state index in [9.17, 15) is 17.6 Å². The molecule has 0 atom stereocenters. The van der Waals surface area contributed by atoms with E-state index in [1.54, 1.807) is 11.0 Å². The third-order valence-electron chi connectivity index (χ3n) is 3.73. The summed E-state index contributed by atoms with van der Waals surface area (Å²) in [6, 6.07) is 4.49. The molecule has 1 N–H and O–H groups in total. The van der Waals surface area contributed by atoms with E-state index < -0.39 is 12.6 Å². The lowest BCUT2D eigenvalue weighted by molar-refractivity contribution is -0.138. The molecule has 2 heterocycles. The van der Waals surface area contributed by atoms with Gasteiger partial charge in [0.1, 0.15) is 5.82 Å². The van der Waals surface area contributed by atoms with E-state index >= 15 is 0 Å². The average molecular weight is 286 g/mol. The molecule has 108 valence electrons. The number of benzene rings is 1. The molecule has 2 aromatic rings. The van der Waals surface area contributed by atoms with Gasteiger partial charge < -0.3 is 4.98 Å². The summed E-state index contributed by atoms with van der Waals surface area (Å²) in [5.74, 6) is -0.327. The number of hydrogen-bond donors (Lipinski definition) is 1. The van der Waals surface area contributed by atoms with Crippen LogP contribution in [0, 0.1) is 5.82 Å². The molecule has 1 aromatic carbocycles. The fraction of sp³-hybridized carbons (Fsp3) is 0.429. The van der Waals surface area contributed by atoms with Crippen LogP contribution in [0.3, 0.4) is 0 Å². The second kappa shape index (κ2) is 4.77. The number of aromatic nitrogens is 1. The van der Waals surface area contributed by atoms with Crippen LogP contribution in [0.15, 0.2) is 18.2 Å². The molecular formula is C14H14F4N2. The molecule has 1 aliphatic rings. The topological polar surface area (TPSA) is 19.0 Å². The van der Waals surface area contributed by atoms with Crippen molar-refractivity contribution in [3.8, 4) is 0 Å². The number of alkyl halides is 3. The molecule has 6 heteroatoms. The van der Waals surface area contributed by atoms with Crippen molar-refractivity contribution in [2.24, 2.45) is 0 Å². The van der Waals surface area contributed by atoms with Crippen molar-refractivity contribution in [2.75, 3.05) is 13.1 Å². The highest BCUT2D eigenvalue weighted by Crippen LogP contribution is 2.29. The van der Waals surface area contributed by atoms with Gasteiger partial charge in [0.15, 0.2) is 0 Å². The molecule has 0 amide bonds. The molecule has 1 aliphatic heterocycles. The van der Waals surface area contributed by atoms with Crippen LogP contribution in [0.2, 0.25) is 0 Å². The molecule has 0 saturated heterocycles. The molecular weight excluding hydrogens is 272 g/mol. The Morgan fingerprint density at radius 2 is 2.05 bits per heavy atom.